The van der Waals surface area contributed by atoms with Gasteiger partial charge in [0.25, 0.3) is 0 Å². The summed E-state index contributed by atoms with van der Waals surface area (Å²) in [6.07, 6.45) is 1.77. The zero-order chi connectivity index (χ0) is 18.0. The zero-order valence-electron chi connectivity index (χ0n) is 14.5. The number of furan rings is 1. The maximum Gasteiger partial charge on any atom is 0.310 e. The molecule has 0 atom stereocenters. The van der Waals surface area contributed by atoms with Crippen LogP contribution in [0.25, 0.3) is 11.0 Å². The fourth-order valence-corrected chi connectivity index (χ4v) is 2.83. The van der Waals surface area contributed by atoms with Gasteiger partial charge in [-0.15, -0.1) is 0 Å². The van der Waals surface area contributed by atoms with Gasteiger partial charge in [0.05, 0.1) is 19.3 Å². The van der Waals surface area contributed by atoms with Crippen molar-refractivity contribution in [2.24, 2.45) is 0 Å². The lowest BCUT2D eigenvalue weighted by Crippen LogP contribution is -2.07. The smallest absolute Gasteiger partial charge is 0.310 e. The molecule has 0 spiro atoms. The Morgan fingerprint density at radius 1 is 1.20 bits per heavy atom. The topological polar surface area (TPSA) is 68.9 Å². The summed E-state index contributed by atoms with van der Waals surface area (Å²) in [4.78, 5) is 11.8. The third kappa shape index (κ3) is 3.45. The molecule has 1 N–H and O–H groups in total. The van der Waals surface area contributed by atoms with Crippen molar-refractivity contribution in [3.05, 3.63) is 53.3 Å². The van der Waals surface area contributed by atoms with Crippen molar-refractivity contribution in [1.82, 2.24) is 0 Å². The highest BCUT2D eigenvalue weighted by Gasteiger charge is 2.17. The molecule has 0 unspecified atom stereocenters. The average molecular weight is 340 g/mol. The Labute approximate surface area is 145 Å². The van der Waals surface area contributed by atoms with E-state index in [9.17, 15) is 9.90 Å². The van der Waals surface area contributed by atoms with Gasteiger partial charge in [-0.05, 0) is 56.7 Å². The molecule has 130 valence electrons. The van der Waals surface area contributed by atoms with Gasteiger partial charge in [-0.2, -0.15) is 0 Å². The average Bonchev–Trinajstić information content (AvgIpc) is 2.96. The normalized spacial score (nSPS) is 10.8. The molecular weight excluding hydrogens is 320 g/mol. The number of esters is 1. The SMILES string of the molecule is CCOC(=O)Cc1coc2c(C)c(Oc3ccc(O)cc3)c(C)cc12. The largest absolute Gasteiger partial charge is 0.508 e. The number of hydrogen-bond donors (Lipinski definition) is 1. The molecule has 5 heteroatoms. The number of aromatic hydroxyl groups is 1. The quantitative estimate of drug-likeness (QED) is 0.685. The van der Waals surface area contributed by atoms with E-state index in [0.29, 0.717) is 23.7 Å². The highest BCUT2D eigenvalue weighted by Crippen LogP contribution is 2.37. The summed E-state index contributed by atoms with van der Waals surface area (Å²) in [6, 6.07) is 8.50. The predicted octanol–water partition coefficient (Wildman–Crippen LogP) is 4.65. The van der Waals surface area contributed by atoms with Gasteiger partial charge in [-0.1, -0.05) is 0 Å². The van der Waals surface area contributed by atoms with Crippen LogP contribution in [0.15, 0.2) is 41.0 Å². The van der Waals surface area contributed by atoms with Crippen molar-refractivity contribution in [2.45, 2.75) is 27.2 Å². The van der Waals surface area contributed by atoms with E-state index in [-0.39, 0.29) is 18.1 Å². The monoisotopic (exact) mass is 340 g/mol. The van der Waals surface area contributed by atoms with E-state index < -0.39 is 0 Å². The minimum Gasteiger partial charge on any atom is -0.508 e. The molecular formula is C20H20O5. The first-order valence-corrected chi connectivity index (χ1v) is 8.12. The predicted molar refractivity (Wildman–Crippen MR) is 94.2 cm³/mol. The van der Waals surface area contributed by atoms with E-state index in [2.05, 4.69) is 0 Å². The number of aryl methyl sites for hydroxylation is 2. The van der Waals surface area contributed by atoms with E-state index in [4.69, 9.17) is 13.9 Å². The van der Waals surface area contributed by atoms with Crippen LogP contribution in [0.2, 0.25) is 0 Å². The Kier molecular flexibility index (Phi) is 4.65. The molecule has 25 heavy (non-hydrogen) atoms. The molecule has 3 aromatic rings. The number of fused-ring (bicyclic) bond motifs is 1. The molecule has 3 rings (SSSR count). The summed E-state index contributed by atoms with van der Waals surface area (Å²) in [5, 5.41) is 10.3. The van der Waals surface area contributed by atoms with Crippen molar-refractivity contribution in [3.8, 4) is 17.2 Å². The summed E-state index contributed by atoms with van der Waals surface area (Å²) < 4.78 is 16.7. The summed E-state index contributed by atoms with van der Waals surface area (Å²) in [5.41, 5.74) is 3.29. The van der Waals surface area contributed by atoms with Crippen LogP contribution in [0.4, 0.5) is 0 Å². The fraction of sp³-hybridized carbons (Fsp3) is 0.250. The van der Waals surface area contributed by atoms with Crippen LogP contribution in [0.1, 0.15) is 23.6 Å². The number of ether oxygens (including phenoxy) is 2. The minimum absolute atomic E-state index is 0.178. The summed E-state index contributed by atoms with van der Waals surface area (Å²) >= 11 is 0. The number of hydrogen-bond acceptors (Lipinski definition) is 5. The molecule has 0 saturated heterocycles. The first kappa shape index (κ1) is 16.9. The molecule has 2 aromatic carbocycles. The van der Waals surface area contributed by atoms with Crippen LogP contribution in [0, 0.1) is 13.8 Å². The van der Waals surface area contributed by atoms with Crippen molar-refractivity contribution in [2.75, 3.05) is 6.61 Å². The van der Waals surface area contributed by atoms with Gasteiger partial charge in [-0.3, -0.25) is 4.79 Å². The molecule has 0 bridgehead atoms. The van der Waals surface area contributed by atoms with E-state index in [1.54, 1.807) is 37.5 Å². The Morgan fingerprint density at radius 3 is 2.60 bits per heavy atom. The lowest BCUT2D eigenvalue weighted by molar-refractivity contribution is -0.142. The molecule has 0 amide bonds. The van der Waals surface area contributed by atoms with Gasteiger partial charge < -0.3 is 19.0 Å². The van der Waals surface area contributed by atoms with E-state index in [0.717, 1.165) is 22.1 Å². The third-order valence-corrected chi connectivity index (χ3v) is 4.01. The first-order chi connectivity index (χ1) is 12.0. The fourth-order valence-electron chi connectivity index (χ4n) is 2.83. The van der Waals surface area contributed by atoms with Crippen molar-refractivity contribution < 1.29 is 23.8 Å². The highest BCUT2D eigenvalue weighted by molar-refractivity contribution is 5.90. The second-order valence-electron chi connectivity index (χ2n) is 5.86. The Hall–Kier alpha value is -2.95. The van der Waals surface area contributed by atoms with Crippen LogP contribution < -0.4 is 4.74 Å². The van der Waals surface area contributed by atoms with Crippen LogP contribution >= 0.6 is 0 Å². The van der Waals surface area contributed by atoms with Gasteiger partial charge in [0.15, 0.2) is 0 Å². The van der Waals surface area contributed by atoms with Crippen LogP contribution in [-0.4, -0.2) is 17.7 Å². The maximum atomic E-state index is 11.8. The van der Waals surface area contributed by atoms with Crippen molar-refractivity contribution in [1.29, 1.82) is 0 Å². The van der Waals surface area contributed by atoms with Gasteiger partial charge in [0, 0.05) is 16.5 Å². The van der Waals surface area contributed by atoms with Crippen LogP contribution in [-0.2, 0) is 16.0 Å². The second kappa shape index (κ2) is 6.89. The number of rotatable bonds is 5. The lowest BCUT2D eigenvalue weighted by atomic mass is 10.0. The minimum atomic E-state index is -0.273. The first-order valence-electron chi connectivity index (χ1n) is 8.12. The Bertz CT molecular complexity index is 906. The molecule has 1 aromatic heterocycles. The van der Waals surface area contributed by atoms with Crippen LogP contribution in [0.5, 0.6) is 17.2 Å². The Balaban J connectivity index is 1.96. The molecule has 0 aliphatic heterocycles. The molecule has 5 nitrogen and oxygen atoms in total. The summed E-state index contributed by atoms with van der Waals surface area (Å²) in [5.74, 6) is 1.24. The van der Waals surface area contributed by atoms with E-state index >= 15 is 0 Å². The molecule has 0 aliphatic carbocycles. The molecule has 0 saturated carbocycles. The van der Waals surface area contributed by atoms with Crippen molar-refractivity contribution >= 4 is 16.9 Å². The number of phenolic OH excluding ortho intramolecular Hbond substituents is 1. The lowest BCUT2D eigenvalue weighted by Gasteiger charge is -2.12. The van der Waals surface area contributed by atoms with Crippen LogP contribution in [0.3, 0.4) is 0 Å². The molecule has 0 aliphatic rings. The second-order valence-corrected chi connectivity index (χ2v) is 5.86. The van der Waals surface area contributed by atoms with E-state index in [1.165, 1.54) is 0 Å². The number of benzene rings is 2. The van der Waals surface area contributed by atoms with Gasteiger partial charge in [-0.25, -0.2) is 0 Å². The van der Waals surface area contributed by atoms with Crippen molar-refractivity contribution in [3.63, 3.8) is 0 Å². The Morgan fingerprint density at radius 2 is 1.92 bits per heavy atom. The standard InChI is InChI=1S/C20H20O5/c1-4-23-18(22)10-14-11-24-20-13(3)19(12(2)9-17(14)20)25-16-7-5-15(21)6-8-16/h5-9,11,21H,4,10H2,1-3H3. The molecule has 1 heterocycles. The highest BCUT2D eigenvalue weighted by atomic mass is 16.5. The number of carbonyl (C=O) groups excluding carboxylic acids is 1. The number of phenols is 1. The summed E-state index contributed by atoms with van der Waals surface area (Å²) in [7, 11) is 0. The zero-order valence-corrected chi connectivity index (χ0v) is 14.5. The van der Waals surface area contributed by atoms with Gasteiger partial charge in [0.1, 0.15) is 22.8 Å². The molecule has 0 fully saturated rings. The third-order valence-electron chi connectivity index (χ3n) is 4.01. The van der Waals surface area contributed by atoms with E-state index in [1.807, 2.05) is 19.9 Å². The summed E-state index contributed by atoms with van der Waals surface area (Å²) in [6.45, 7) is 6.01. The molecule has 0 radical (unpaired) electrons. The number of carbonyl (C=O) groups is 1. The maximum absolute atomic E-state index is 11.8. The van der Waals surface area contributed by atoms with Gasteiger partial charge in [0.2, 0.25) is 0 Å². The van der Waals surface area contributed by atoms with Gasteiger partial charge >= 0.3 is 5.97 Å².